The van der Waals surface area contributed by atoms with Gasteiger partial charge in [0.15, 0.2) is 0 Å². The first-order valence-electron chi connectivity index (χ1n) is 6.69. The van der Waals surface area contributed by atoms with E-state index in [9.17, 15) is 9.65 Å². The number of halogens is 1. The Morgan fingerprint density at radius 3 is 2.48 bits per heavy atom. The monoisotopic (exact) mass is 304 g/mol. The van der Waals surface area contributed by atoms with E-state index in [4.69, 9.17) is 4.74 Å². The van der Waals surface area contributed by atoms with Crippen molar-refractivity contribution in [3.8, 4) is 11.8 Å². The van der Waals surface area contributed by atoms with Crippen LogP contribution in [-0.4, -0.2) is 11.6 Å². The van der Waals surface area contributed by atoms with Crippen molar-refractivity contribution in [3.63, 3.8) is 0 Å². The zero-order valence-corrected chi connectivity index (χ0v) is 13.1. The van der Waals surface area contributed by atoms with Gasteiger partial charge in [0.05, 0.1) is 17.3 Å². The zero-order chi connectivity index (χ0) is 15.5. The van der Waals surface area contributed by atoms with Gasteiger partial charge in [-0.25, -0.2) is 9.37 Å². The van der Waals surface area contributed by atoms with Gasteiger partial charge in [-0.15, -0.1) is 11.3 Å². The topological polar surface area (TPSA) is 45.9 Å². The minimum absolute atomic E-state index is 0.141. The Balaban J connectivity index is 1.99. The van der Waals surface area contributed by atoms with Gasteiger partial charge < -0.3 is 4.74 Å². The van der Waals surface area contributed by atoms with Crippen molar-refractivity contribution in [2.45, 2.75) is 32.6 Å². The summed E-state index contributed by atoms with van der Waals surface area (Å²) in [4.78, 5) is 5.22. The van der Waals surface area contributed by atoms with Crippen LogP contribution >= 0.6 is 11.3 Å². The highest BCUT2D eigenvalue weighted by atomic mass is 32.1. The van der Waals surface area contributed by atoms with Crippen molar-refractivity contribution >= 4 is 11.3 Å². The quantitative estimate of drug-likeness (QED) is 0.855. The molecule has 3 nitrogen and oxygen atoms in total. The van der Waals surface area contributed by atoms with Crippen LogP contribution in [0.25, 0.3) is 0 Å². The fourth-order valence-electron chi connectivity index (χ4n) is 1.84. The maximum Gasteiger partial charge on any atom is 0.128 e. The molecule has 2 rings (SSSR count). The maximum atomic E-state index is 12.8. The third-order valence-corrected chi connectivity index (χ3v) is 3.90. The predicted octanol–water partition coefficient (Wildman–Crippen LogP) is 4.07. The molecule has 0 aliphatic rings. The van der Waals surface area contributed by atoms with Crippen LogP contribution in [0.2, 0.25) is 0 Å². The minimum atomic E-state index is -0.282. The third-order valence-electron chi connectivity index (χ3n) is 2.88. The first-order chi connectivity index (χ1) is 9.90. The first kappa shape index (κ1) is 15.5. The molecule has 0 radical (unpaired) electrons. The number of nitrogens with zero attached hydrogens (tertiary/aromatic N) is 2. The highest BCUT2D eigenvalue weighted by Crippen LogP contribution is 2.29. The largest absolute Gasteiger partial charge is 0.493 e. The molecule has 0 amide bonds. The standard InChI is InChI=1S/C16H17FN2OS/c1-16(2,3)15-13(10-18)21-14(19-15)8-9-20-12-6-4-11(17)5-7-12/h4-7H,8-9H2,1-3H3. The van der Waals surface area contributed by atoms with Gasteiger partial charge >= 0.3 is 0 Å². The molecule has 0 aliphatic heterocycles. The molecule has 1 aromatic carbocycles. The predicted molar refractivity (Wildman–Crippen MR) is 81.1 cm³/mol. The van der Waals surface area contributed by atoms with E-state index < -0.39 is 0 Å². The van der Waals surface area contributed by atoms with E-state index in [0.717, 1.165) is 10.7 Å². The van der Waals surface area contributed by atoms with Crippen LogP contribution in [0.4, 0.5) is 4.39 Å². The summed E-state index contributed by atoms with van der Waals surface area (Å²) in [6.07, 6.45) is 0.632. The average Bonchev–Trinajstić information content (AvgIpc) is 2.84. The fourth-order valence-corrected chi connectivity index (χ4v) is 2.89. The molecule has 21 heavy (non-hydrogen) atoms. The smallest absolute Gasteiger partial charge is 0.128 e. The molecule has 1 heterocycles. The summed E-state index contributed by atoms with van der Waals surface area (Å²) in [5, 5.41) is 10.1. The van der Waals surface area contributed by atoms with Crippen LogP contribution in [0.5, 0.6) is 5.75 Å². The Kier molecular flexibility index (Phi) is 4.59. The van der Waals surface area contributed by atoms with Crippen LogP contribution in [0.1, 0.15) is 36.3 Å². The molecule has 0 atom stereocenters. The molecule has 0 saturated heterocycles. The Bertz CT molecular complexity index is 650. The zero-order valence-electron chi connectivity index (χ0n) is 12.3. The van der Waals surface area contributed by atoms with Gasteiger partial charge in [-0.1, -0.05) is 20.8 Å². The summed E-state index contributed by atoms with van der Waals surface area (Å²) in [7, 11) is 0. The third kappa shape index (κ3) is 4.02. The SMILES string of the molecule is CC(C)(C)c1nc(CCOc2ccc(F)cc2)sc1C#N. The molecular formula is C16H17FN2OS. The normalized spacial score (nSPS) is 11.2. The molecule has 5 heteroatoms. The lowest BCUT2D eigenvalue weighted by Crippen LogP contribution is -2.13. The lowest BCUT2D eigenvalue weighted by atomic mass is 9.91. The highest BCUT2D eigenvalue weighted by Gasteiger charge is 2.23. The lowest BCUT2D eigenvalue weighted by Gasteiger charge is -2.15. The van der Waals surface area contributed by atoms with Crippen molar-refractivity contribution in [1.29, 1.82) is 5.26 Å². The van der Waals surface area contributed by atoms with E-state index in [2.05, 4.69) is 11.1 Å². The van der Waals surface area contributed by atoms with E-state index in [1.165, 1.54) is 23.5 Å². The second-order valence-electron chi connectivity index (χ2n) is 5.70. The average molecular weight is 304 g/mol. The van der Waals surface area contributed by atoms with Crippen LogP contribution in [-0.2, 0) is 11.8 Å². The number of ether oxygens (including phenoxy) is 1. The molecule has 0 bridgehead atoms. The Hall–Kier alpha value is -1.93. The molecule has 0 aliphatic carbocycles. The van der Waals surface area contributed by atoms with Gasteiger partial charge in [0.1, 0.15) is 22.5 Å². The number of nitriles is 1. The van der Waals surface area contributed by atoms with Gasteiger partial charge in [-0.05, 0) is 24.3 Å². The fraction of sp³-hybridized carbons (Fsp3) is 0.375. The van der Waals surface area contributed by atoms with E-state index in [1.807, 2.05) is 20.8 Å². The number of hydrogen-bond acceptors (Lipinski definition) is 4. The molecule has 2 aromatic rings. The van der Waals surface area contributed by atoms with Crippen LogP contribution in [0.3, 0.4) is 0 Å². The van der Waals surface area contributed by atoms with Gasteiger partial charge in [0.25, 0.3) is 0 Å². The molecule has 110 valence electrons. The minimum Gasteiger partial charge on any atom is -0.493 e. The molecule has 0 fully saturated rings. The summed E-state index contributed by atoms with van der Waals surface area (Å²) < 4.78 is 18.3. The number of thiazole rings is 1. The van der Waals surface area contributed by atoms with Crippen molar-refractivity contribution in [2.24, 2.45) is 0 Å². The van der Waals surface area contributed by atoms with Gasteiger partial charge in [0, 0.05) is 11.8 Å². The van der Waals surface area contributed by atoms with Crippen molar-refractivity contribution in [1.82, 2.24) is 4.98 Å². The second-order valence-corrected chi connectivity index (χ2v) is 6.78. The summed E-state index contributed by atoms with van der Waals surface area (Å²) in [5.41, 5.74) is 0.698. The number of aromatic nitrogens is 1. The van der Waals surface area contributed by atoms with Gasteiger partial charge in [-0.3, -0.25) is 0 Å². The summed E-state index contributed by atoms with van der Waals surface area (Å²) in [6.45, 7) is 6.58. The maximum absolute atomic E-state index is 12.8. The second kappa shape index (κ2) is 6.23. The molecule has 0 N–H and O–H groups in total. The molecular weight excluding hydrogens is 287 g/mol. The molecule has 0 saturated carbocycles. The van der Waals surface area contributed by atoms with E-state index in [-0.39, 0.29) is 11.2 Å². The molecule has 0 spiro atoms. The van der Waals surface area contributed by atoms with Crippen molar-refractivity contribution in [3.05, 3.63) is 45.7 Å². The Morgan fingerprint density at radius 1 is 1.29 bits per heavy atom. The first-order valence-corrected chi connectivity index (χ1v) is 7.50. The van der Waals surface area contributed by atoms with Crippen LogP contribution < -0.4 is 4.74 Å². The van der Waals surface area contributed by atoms with Gasteiger partial charge in [0.2, 0.25) is 0 Å². The van der Waals surface area contributed by atoms with E-state index in [1.54, 1.807) is 12.1 Å². The van der Waals surface area contributed by atoms with Crippen LogP contribution in [0.15, 0.2) is 24.3 Å². The molecule has 0 unspecified atom stereocenters. The van der Waals surface area contributed by atoms with E-state index in [0.29, 0.717) is 23.7 Å². The van der Waals surface area contributed by atoms with Crippen LogP contribution in [0, 0.1) is 17.1 Å². The summed E-state index contributed by atoms with van der Waals surface area (Å²) >= 11 is 1.41. The number of hydrogen-bond donors (Lipinski definition) is 0. The Morgan fingerprint density at radius 2 is 1.95 bits per heavy atom. The number of benzene rings is 1. The van der Waals surface area contributed by atoms with Crippen molar-refractivity contribution < 1.29 is 9.13 Å². The van der Waals surface area contributed by atoms with Gasteiger partial charge in [-0.2, -0.15) is 5.26 Å². The van der Waals surface area contributed by atoms with Crippen molar-refractivity contribution in [2.75, 3.05) is 6.61 Å². The summed E-state index contributed by atoms with van der Waals surface area (Å²) in [5.74, 6) is 0.347. The van der Waals surface area contributed by atoms with E-state index >= 15 is 0 Å². The number of rotatable bonds is 4. The lowest BCUT2D eigenvalue weighted by molar-refractivity contribution is 0.321. The summed E-state index contributed by atoms with van der Waals surface area (Å²) in [6, 6.07) is 8.13. The molecule has 1 aromatic heterocycles. The Labute approximate surface area is 128 Å². The highest BCUT2D eigenvalue weighted by molar-refractivity contribution is 7.12.